The van der Waals surface area contributed by atoms with Gasteiger partial charge in [0, 0.05) is 25.2 Å². The summed E-state index contributed by atoms with van der Waals surface area (Å²) in [6.45, 7) is 2.77. The number of piperidine rings is 1. The number of benzene rings is 1. The third-order valence-corrected chi connectivity index (χ3v) is 5.46. The normalized spacial score (nSPS) is 21.5. The Labute approximate surface area is 133 Å². The van der Waals surface area contributed by atoms with Crippen LogP contribution in [-0.4, -0.2) is 31.9 Å². The number of nitrogens with two attached hydrogens (primary N) is 1. The maximum atomic E-state index is 12.3. The first-order valence-corrected chi connectivity index (χ1v) is 8.51. The van der Waals surface area contributed by atoms with E-state index in [9.17, 15) is 8.42 Å². The summed E-state index contributed by atoms with van der Waals surface area (Å²) in [6, 6.07) is 9.26. The Morgan fingerprint density at radius 2 is 2.00 bits per heavy atom. The van der Waals surface area contributed by atoms with Crippen molar-refractivity contribution in [3.05, 3.63) is 35.9 Å². The van der Waals surface area contributed by atoms with Crippen molar-refractivity contribution in [3.63, 3.8) is 0 Å². The van der Waals surface area contributed by atoms with Crippen molar-refractivity contribution in [1.82, 2.24) is 9.03 Å². The molecule has 7 heteroatoms. The minimum Gasteiger partial charge on any atom is -0.323 e. The Morgan fingerprint density at radius 3 is 2.62 bits per heavy atom. The zero-order chi connectivity index (χ0) is 14.6. The number of halogens is 1. The molecule has 0 amide bonds. The molecule has 2 unspecified atom stereocenters. The van der Waals surface area contributed by atoms with Gasteiger partial charge in [0.15, 0.2) is 0 Å². The standard InChI is InChI=1S/C14H23N3O2S.ClH/c1-12-7-5-6-10-17(12)20(18,19)16-11-14(15)13-8-3-2-4-9-13;/h2-4,8-9,12,14,16H,5-7,10-11,15H2,1H3;1H. The molecule has 1 heterocycles. The van der Waals surface area contributed by atoms with Gasteiger partial charge in [0.1, 0.15) is 0 Å². The van der Waals surface area contributed by atoms with Crippen molar-refractivity contribution >= 4 is 22.6 Å². The van der Waals surface area contributed by atoms with Gasteiger partial charge in [0.25, 0.3) is 10.2 Å². The lowest BCUT2D eigenvalue weighted by atomic mass is 10.1. The molecule has 120 valence electrons. The Bertz CT molecular complexity index is 524. The van der Waals surface area contributed by atoms with Crippen LogP contribution in [0.1, 0.15) is 37.8 Å². The average Bonchev–Trinajstić information content (AvgIpc) is 2.46. The lowest BCUT2D eigenvalue weighted by molar-refractivity contribution is 0.265. The SMILES string of the molecule is CC1CCCCN1S(=O)(=O)NCC(N)c1ccccc1.Cl. The lowest BCUT2D eigenvalue weighted by Crippen LogP contribution is -2.49. The van der Waals surface area contributed by atoms with Crippen LogP contribution in [0, 0.1) is 0 Å². The van der Waals surface area contributed by atoms with Crippen LogP contribution in [0.15, 0.2) is 30.3 Å². The summed E-state index contributed by atoms with van der Waals surface area (Å²) >= 11 is 0. The van der Waals surface area contributed by atoms with E-state index in [1.54, 1.807) is 4.31 Å². The second-order valence-electron chi connectivity index (χ2n) is 5.33. The molecule has 21 heavy (non-hydrogen) atoms. The number of nitrogens with zero attached hydrogens (tertiary/aromatic N) is 1. The van der Waals surface area contributed by atoms with Crippen LogP contribution >= 0.6 is 12.4 Å². The van der Waals surface area contributed by atoms with Gasteiger partial charge in [-0.05, 0) is 25.3 Å². The van der Waals surface area contributed by atoms with Gasteiger partial charge in [-0.25, -0.2) is 4.72 Å². The van der Waals surface area contributed by atoms with Gasteiger partial charge < -0.3 is 5.73 Å². The fraction of sp³-hybridized carbons (Fsp3) is 0.571. The Balaban J connectivity index is 0.00000220. The van der Waals surface area contributed by atoms with Crippen LogP contribution in [0.4, 0.5) is 0 Å². The molecule has 3 N–H and O–H groups in total. The van der Waals surface area contributed by atoms with Crippen LogP contribution < -0.4 is 10.5 Å². The maximum absolute atomic E-state index is 12.3. The fourth-order valence-corrected chi connectivity index (χ4v) is 4.03. The summed E-state index contributed by atoms with van der Waals surface area (Å²) in [5.41, 5.74) is 6.95. The van der Waals surface area contributed by atoms with Crippen molar-refractivity contribution in [2.75, 3.05) is 13.1 Å². The largest absolute Gasteiger partial charge is 0.323 e. The Morgan fingerprint density at radius 1 is 1.33 bits per heavy atom. The monoisotopic (exact) mass is 333 g/mol. The first-order valence-electron chi connectivity index (χ1n) is 7.07. The van der Waals surface area contributed by atoms with Crippen LogP contribution in [-0.2, 0) is 10.2 Å². The number of hydrogen-bond donors (Lipinski definition) is 2. The molecule has 0 aromatic heterocycles. The molecule has 2 atom stereocenters. The topological polar surface area (TPSA) is 75.4 Å². The maximum Gasteiger partial charge on any atom is 0.279 e. The highest BCUT2D eigenvalue weighted by Gasteiger charge is 2.29. The third kappa shape index (κ3) is 4.93. The second kappa shape index (κ2) is 8.10. The highest BCUT2D eigenvalue weighted by Crippen LogP contribution is 2.19. The van der Waals surface area contributed by atoms with E-state index in [1.165, 1.54) is 0 Å². The van der Waals surface area contributed by atoms with Crippen molar-refractivity contribution in [1.29, 1.82) is 0 Å². The smallest absolute Gasteiger partial charge is 0.279 e. The summed E-state index contributed by atoms with van der Waals surface area (Å²) < 4.78 is 28.8. The van der Waals surface area contributed by atoms with Gasteiger partial charge in [-0.2, -0.15) is 12.7 Å². The summed E-state index contributed by atoms with van der Waals surface area (Å²) in [4.78, 5) is 0. The number of hydrogen-bond acceptors (Lipinski definition) is 3. The predicted molar refractivity (Wildman–Crippen MR) is 87.6 cm³/mol. The van der Waals surface area contributed by atoms with E-state index in [-0.39, 0.29) is 31.0 Å². The van der Waals surface area contributed by atoms with Crippen LogP contribution in [0.3, 0.4) is 0 Å². The highest BCUT2D eigenvalue weighted by atomic mass is 35.5. The molecule has 1 aromatic rings. The molecule has 5 nitrogen and oxygen atoms in total. The quantitative estimate of drug-likeness (QED) is 0.863. The van der Waals surface area contributed by atoms with E-state index >= 15 is 0 Å². The van der Waals surface area contributed by atoms with Gasteiger partial charge in [-0.3, -0.25) is 0 Å². The van der Waals surface area contributed by atoms with Gasteiger partial charge in [-0.1, -0.05) is 36.8 Å². The Hall–Kier alpha value is -0.660. The molecular formula is C14H24ClN3O2S. The van der Waals surface area contributed by atoms with Crippen molar-refractivity contribution in [3.8, 4) is 0 Å². The lowest BCUT2D eigenvalue weighted by Gasteiger charge is -2.32. The van der Waals surface area contributed by atoms with Crippen molar-refractivity contribution in [2.45, 2.75) is 38.3 Å². The zero-order valence-corrected chi connectivity index (χ0v) is 13.9. The van der Waals surface area contributed by atoms with Crippen LogP contribution in [0.2, 0.25) is 0 Å². The highest BCUT2D eigenvalue weighted by molar-refractivity contribution is 7.87. The van der Waals surface area contributed by atoms with E-state index < -0.39 is 10.2 Å². The first kappa shape index (κ1) is 18.4. The Kier molecular flexibility index (Phi) is 7.09. The molecule has 0 aliphatic carbocycles. The van der Waals surface area contributed by atoms with E-state index in [4.69, 9.17) is 5.73 Å². The molecule has 0 radical (unpaired) electrons. The molecule has 1 aliphatic heterocycles. The summed E-state index contributed by atoms with van der Waals surface area (Å²) in [7, 11) is -3.43. The van der Waals surface area contributed by atoms with Gasteiger partial charge in [0.2, 0.25) is 0 Å². The van der Waals surface area contributed by atoms with E-state index in [2.05, 4.69) is 4.72 Å². The third-order valence-electron chi connectivity index (χ3n) is 3.76. The molecule has 0 spiro atoms. The van der Waals surface area contributed by atoms with Gasteiger partial charge in [0.05, 0.1) is 0 Å². The molecule has 1 aliphatic rings. The summed E-state index contributed by atoms with van der Waals surface area (Å²) in [6.07, 6.45) is 2.94. The fourth-order valence-electron chi connectivity index (χ4n) is 2.52. The van der Waals surface area contributed by atoms with Gasteiger partial charge in [-0.15, -0.1) is 12.4 Å². The second-order valence-corrected chi connectivity index (χ2v) is 7.03. The van der Waals surface area contributed by atoms with Crippen LogP contribution in [0.5, 0.6) is 0 Å². The van der Waals surface area contributed by atoms with Crippen molar-refractivity contribution < 1.29 is 8.42 Å². The van der Waals surface area contributed by atoms with E-state index in [1.807, 2.05) is 37.3 Å². The molecule has 0 saturated carbocycles. The molecule has 1 aromatic carbocycles. The molecule has 1 fully saturated rings. The minimum atomic E-state index is -3.43. The van der Waals surface area contributed by atoms with Crippen molar-refractivity contribution in [2.24, 2.45) is 5.73 Å². The molecule has 1 saturated heterocycles. The molecule has 0 bridgehead atoms. The molecular weight excluding hydrogens is 310 g/mol. The first-order chi connectivity index (χ1) is 9.50. The minimum absolute atomic E-state index is 0. The molecule has 2 rings (SSSR count). The number of rotatable bonds is 5. The predicted octanol–water partition coefficient (Wildman–Crippen LogP) is 1.82. The van der Waals surface area contributed by atoms with Gasteiger partial charge >= 0.3 is 0 Å². The van der Waals surface area contributed by atoms with Crippen LogP contribution in [0.25, 0.3) is 0 Å². The average molecular weight is 334 g/mol. The van der Waals surface area contributed by atoms with E-state index in [0.29, 0.717) is 6.54 Å². The number of nitrogens with one attached hydrogen (secondary N) is 1. The summed E-state index contributed by atoms with van der Waals surface area (Å²) in [5.74, 6) is 0. The summed E-state index contributed by atoms with van der Waals surface area (Å²) in [5, 5.41) is 0. The zero-order valence-electron chi connectivity index (χ0n) is 12.2. The van der Waals surface area contributed by atoms with E-state index in [0.717, 1.165) is 24.8 Å².